The molecule has 1 N–H and O–H groups in total. The van der Waals surface area contributed by atoms with E-state index in [1.165, 1.54) is 0 Å². The third-order valence-electron chi connectivity index (χ3n) is 5.73. The largest absolute Gasteiger partial charge is 0.454 e. The predicted octanol–water partition coefficient (Wildman–Crippen LogP) is 5.93. The van der Waals surface area contributed by atoms with Crippen LogP contribution in [0.5, 0.6) is 11.5 Å². The van der Waals surface area contributed by atoms with Gasteiger partial charge < -0.3 is 15.0 Å². The van der Waals surface area contributed by atoms with E-state index in [9.17, 15) is 9.59 Å². The number of halogens is 1. The van der Waals surface area contributed by atoms with Crippen LogP contribution in [0.3, 0.4) is 0 Å². The Labute approximate surface area is 193 Å². The number of amides is 2. The highest BCUT2D eigenvalue weighted by Crippen LogP contribution is 2.34. The number of ether oxygens (including phenoxy) is 1. The molecule has 1 aliphatic heterocycles. The van der Waals surface area contributed by atoms with Crippen LogP contribution in [0.2, 0.25) is 5.02 Å². The summed E-state index contributed by atoms with van der Waals surface area (Å²) in [6.45, 7) is 3.06. The van der Waals surface area contributed by atoms with Crippen molar-refractivity contribution in [1.82, 2.24) is 4.90 Å². The summed E-state index contributed by atoms with van der Waals surface area (Å²) in [6, 6.07) is 22.1. The van der Waals surface area contributed by atoms with Crippen LogP contribution in [0.1, 0.15) is 28.8 Å². The molecule has 164 valence electrons. The van der Waals surface area contributed by atoms with Gasteiger partial charge in [0.15, 0.2) is 5.75 Å². The molecule has 0 atom stereocenters. The van der Waals surface area contributed by atoms with E-state index in [0.717, 1.165) is 11.1 Å². The van der Waals surface area contributed by atoms with Crippen molar-refractivity contribution in [3.63, 3.8) is 0 Å². The summed E-state index contributed by atoms with van der Waals surface area (Å²) in [4.78, 5) is 27.6. The van der Waals surface area contributed by atoms with E-state index in [1.54, 1.807) is 24.3 Å². The quantitative estimate of drug-likeness (QED) is 0.526. The Kier molecular flexibility index (Phi) is 6.76. The van der Waals surface area contributed by atoms with E-state index in [0.29, 0.717) is 48.1 Å². The second-order valence-corrected chi connectivity index (χ2v) is 8.31. The number of nitrogens with one attached hydrogen (secondary N) is 1. The first kappa shape index (κ1) is 21.9. The molecule has 3 aromatic rings. The first-order valence-corrected chi connectivity index (χ1v) is 11.1. The van der Waals surface area contributed by atoms with Gasteiger partial charge in [0.25, 0.3) is 5.91 Å². The third kappa shape index (κ3) is 4.94. The Morgan fingerprint density at radius 1 is 0.906 bits per heavy atom. The predicted molar refractivity (Wildman–Crippen MR) is 126 cm³/mol. The number of carbonyl (C=O) groups is 2. The van der Waals surface area contributed by atoms with Crippen molar-refractivity contribution in [2.24, 2.45) is 5.92 Å². The van der Waals surface area contributed by atoms with Crippen LogP contribution >= 0.6 is 11.6 Å². The van der Waals surface area contributed by atoms with E-state index in [1.807, 2.05) is 60.4 Å². The second-order valence-electron chi connectivity index (χ2n) is 7.90. The molecule has 5 nitrogen and oxygen atoms in total. The average molecular weight is 449 g/mol. The van der Waals surface area contributed by atoms with E-state index in [2.05, 4.69) is 5.32 Å². The molecule has 0 aliphatic carbocycles. The molecule has 32 heavy (non-hydrogen) atoms. The molecule has 1 fully saturated rings. The smallest absolute Gasteiger partial charge is 0.254 e. The number of carbonyl (C=O) groups excluding carboxylic acids is 2. The van der Waals surface area contributed by atoms with Crippen LogP contribution in [0.15, 0.2) is 72.8 Å². The molecule has 0 spiro atoms. The zero-order chi connectivity index (χ0) is 22.5. The fraction of sp³-hybridized carbons (Fsp3) is 0.231. The molecule has 3 aromatic carbocycles. The Balaban J connectivity index is 1.38. The normalized spacial score (nSPS) is 14.1. The summed E-state index contributed by atoms with van der Waals surface area (Å²) in [7, 11) is 0. The Hall–Kier alpha value is -3.31. The van der Waals surface area contributed by atoms with Crippen LogP contribution in [0.25, 0.3) is 0 Å². The number of likely N-dealkylation sites (tertiary alicyclic amines) is 1. The molecule has 4 rings (SSSR count). The highest BCUT2D eigenvalue weighted by molar-refractivity contribution is 6.32. The molecule has 0 radical (unpaired) electrons. The van der Waals surface area contributed by atoms with Crippen LogP contribution < -0.4 is 10.1 Å². The SMILES string of the molecule is Cc1ccccc1C(=O)N1CCC(C(=O)Nc2ccccc2Oc2ccccc2Cl)CC1. The van der Waals surface area contributed by atoms with Crippen molar-refractivity contribution in [3.05, 3.63) is 88.9 Å². The van der Waals surface area contributed by atoms with E-state index >= 15 is 0 Å². The van der Waals surface area contributed by atoms with Crippen molar-refractivity contribution in [2.45, 2.75) is 19.8 Å². The summed E-state index contributed by atoms with van der Waals surface area (Å²) in [6.07, 6.45) is 1.24. The number of para-hydroxylation sites is 3. The molecule has 0 aromatic heterocycles. The van der Waals surface area contributed by atoms with Gasteiger partial charge in [-0.25, -0.2) is 0 Å². The van der Waals surface area contributed by atoms with Crippen molar-refractivity contribution < 1.29 is 14.3 Å². The van der Waals surface area contributed by atoms with Gasteiger partial charge in [-0.1, -0.05) is 54.1 Å². The number of anilines is 1. The first-order chi connectivity index (χ1) is 15.5. The molecule has 1 saturated heterocycles. The lowest BCUT2D eigenvalue weighted by molar-refractivity contribution is -0.121. The van der Waals surface area contributed by atoms with E-state index < -0.39 is 0 Å². The lowest BCUT2D eigenvalue weighted by Crippen LogP contribution is -2.41. The molecule has 0 saturated carbocycles. The standard InChI is InChI=1S/C26H25ClN2O3/c1-18-8-2-3-9-20(18)26(31)29-16-14-19(15-17-29)25(30)28-22-11-5-7-13-24(22)32-23-12-6-4-10-21(23)27/h2-13,19H,14-17H2,1H3,(H,28,30). The summed E-state index contributed by atoms with van der Waals surface area (Å²) >= 11 is 6.20. The Morgan fingerprint density at radius 3 is 2.25 bits per heavy atom. The maximum atomic E-state index is 12.9. The molecule has 0 bridgehead atoms. The van der Waals surface area contributed by atoms with Gasteiger partial charge in [0, 0.05) is 24.6 Å². The molecule has 6 heteroatoms. The topological polar surface area (TPSA) is 58.6 Å². The van der Waals surface area contributed by atoms with Crippen LogP contribution in [0, 0.1) is 12.8 Å². The monoisotopic (exact) mass is 448 g/mol. The number of benzene rings is 3. The molecule has 1 aliphatic rings. The molecule has 0 unspecified atom stereocenters. The first-order valence-electron chi connectivity index (χ1n) is 10.7. The van der Waals surface area contributed by atoms with Gasteiger partial charge in [-0.15, -0.1) is 0 Å². The zero-order valence-corrected chi connectivity index (χ0v) is 18.6. The summed E-state index contributed by atoms with van der Waals surface area (Å²) < 4.78 is 5.94. The number of aryl methyl sites for hydroxylation is 1. The van der Waals surface area contributed by atoms with Crippen molar-refractivity contribution in [1.29, 1.82) is 0 Å². The lowest BCUT2D eigenvalue weighted by atomic mass is 9.95. The van der Waals surface area contributed by atoms with Crippen LogP contribution in [-0.4, -0.2) is 29.8 Å². The third-order valence-corrected chi connectivity index (χ3v) is 6.04. The highest BCUT2D eigenvalue weighted by atomic mass is 35.5. The molecule has 1 heterocycles. The van der Waals surface area contributed by atoms with Crippen molar-refractivity contribution in [2.75, 3.05) is 18.4 Å². The van der Waals surface area contributed by atoms with Gasteiger partial charge in [0.2, 0.25) is 5.91 Å². The molecule has 2 amide bonds. The van der Waals surface area contributed by atoms with Crippen LogP contribution in [-0.2, 0) is 4.79 Å². The minimum Gasteiger partial charge on any atom is -0.454 e. The van der Waals surface area contributed by atoms with Crippen LogP contribution in [0.4, 0.5) is 5.69 Å². The highest BCUT2D eigenvalue weighted by Gasteiger charge is 2.28. The summed E-state index contributed by atoms with van der Waals surface area (Å²) in [5.74, 6) is 0.855. The number of piperidine rings is 1. The number of rotatable bonds is 5. The summed E-state index contributed by atoms with van der Waals surface area (Å²) in [5, 5.41) is 3.49. The number of hydrogen-bond donors (Lipinski definition) is 1. The fourth-order valence-corrected chi connectivity index (χ4v) is 4.04. The van der Waals surface area contributed by atoms with Gasteiger partial charge in [-0.3, -0.25) is 9.59 Å². The van der Waals surface area contributed by atoms with Gasteiger partial charge in [0.05, 0.1) is 10.7 Å². The maximum absolute atomic E-state index is 12.9. The Bertz CT molecular complexity index is 1120. The van der Waals surface area contributed by atoms with Gasteiger partial charge >= 0.3 is 0 Å². The fourth-order valence-electron chi connectivity index (χ4n) is 3.87. The second kappa shape index (κ2) is 9.88. The summed E-state index contributed by atoms with van der Waals surface area (Å²) in [5.41, 5.74) is 2.28. The lowest BCUT2D eigenvalue weighted by Gasteiger charge is -2.31. The van der Waals surface area contributed by atoms with Gasteiger partial charge in [-0.05, 0) is 55.7 Å². The van der Waals surface area contributed by atoms with Gasteiger partial charge in [-0.2, -0.15) is 0 Å². The number of hydrogen-bond acceptors (Lipinski definition) is 3. The zero-order valence-electron chi connectivity index (χ0n) is 17.9. The minimum atomic E-state index is -0.163. The van der Waals surface area contributed by atoms with Gasteiger partial charge in [0.1, 0.15) is 5.75 Å². The van der Waals surface area contributed by atoms with Crippen molar-refractivity contribution >= 4 is 29.1 Å². The maximum Gasteiger partial charge on any atom is 0.254 e. The molecular formula is C26H25ClN2O3. The Morgan fingerprint density at radius 2 is 1.53 bits per heavy atom. The van der Waals surface area contributed by atoms with Crippen molar-refractivity contribution in [3.8, 4) is 11.5 Å². The molecular weight excluding hydrogens is 424 g/mol. The van der Waals surface area contributed by atoms with E-state index in [-0.39, 0.29) is 17.7 Å². The minimum absolute atomic E-state index is 0.0282. The number of nitrogens with zero attached hydrogens (tertiary/aromatic N) is 1. The van der Waals surface area contributed by atoms with E-state index in [4.69, 9.17) is 16.3 Å². The average Bonchev–Trinajstić information content (AvgIpc) is 2.82.